The molecule has 2 aromatic heterocycles. The van der Waals surface area contributed by atoms with E-state index in [1.54, 1.807) is 12.1 Å². The summed E-state index contributed by atoms with van der Waals surface area (Å²) in [6.45, 7) is 0.750. The Kier molecular flexibility index (Phi) is 3.52. The summed E-state index contributed by atoms with van der Waals surface area (Å²) < 4.78 is 0.636. The summed E-state index contributed by atoms with van der Waals surface area (Å²) >= 11 is 7.22. The van der Waals surface area contributed by atoms with Gasteiger partial charge in [0.1, 0.15) is 12.2 Å². The van der Waals surface area contributed by atoms with Crippen LogP contribution in [0.3, 0.4) is 0 Å². The largest absolute Gasteiger partial charge is 0.328 e. The first kappa shape index (κ1) is 12.6. The zero-order chi connectivity index (χ0) is 13.2. The fourth-order valence-corrected chi connectivity index (χ4v) is 3.40. The minimum atomic E-state index is -0.00961. The van der Waals surface area contributed by atoms with Crippen molar-refractivity contribution in [1.29, 1.82) is 0 Å². The number of halogens is 1. The van der Waals surface area contributed by atoms with Gasteiger partial charge in [0, 0.05) is 6.54 Å². The summed E-state index contributed by atoms with van der Waals surface area (Å²) in [6.07, 6.45) is 4.52. The van der Waals surface area contributed by atoms with E-state index in [0.29, 0.717) is 9.21 Å². The van der Waals surface area contributed by atoms with Crippen molar-refractivity contribution in [2.24, 2.45) is 0 Å². The zero-order valence-electron chi connectivity index (χ0n) is 10.2. The van der Waals surface area contributed by atoms with Crippen LogP contribution in [0.5, 0.6) is 0 Å². The molecule has 0 spiro atoms. The van der Waals surface area contributed by atoms with Gasteiger partial charge in [0.15, 0.2) is 0 Å². The van der Waals surface area contributed by atoms with Gasteiger partial charge in [-0.25, -0.2) is 4.98 Å². The molecule has 100 valence electrons. The second-order valence-electron chi connectivity index (χ2n) is 4.48. The van der Waals surface area contributed by atoms with Crippen LogP contribution in [-0.4, -0.2) is 32.5 Å². The fraction of sp³-hybridized carbons (Fsp3) is 0.417. The molecule has 1 fully saturated rings. The molecule has 5 nitrogen and oxygen atoms in total. The maximum Gasteiger partial charge on any atom is 0.264 e. The third kappa shape index (κ3) is 2.50. The molecule has 0 saturated carbocycles. The Bertz CT molecular complexity index is 568. The average Bonchev–Trinajstić information content (AvgIpc) is 3.09. The number of aromatic nitrogens is 3. The lowest BCUT2D eigenvalue weighted by molar-refractivity contribution is 0.0605. The quantitative estimate of drug-likeness (QED) is 0.927. The predicted molar refractivity (Wildman–Crippen MR) is 73.3 cm³/mol. The van der Waals surface area contributed by atoms with Crippen LogP contribution in [0.2, 0.25) is 4.34 Å². The lowest BCUT2D eigenvalue weighted by Gasteiger charge is -2.34. The number of carbonyl (C=O) groups excluding carboxylic acids is 1. The summed E-state index contributed by atoms with van der Waals surface area (Å²) in [7, 11) is 0. The Morgan fingerprint density at radius 3 is 3.05 bits per heavy atom. The Morgan fingerprint density at radius 2 is 2.37 bits per heavy atom. The van der Waals surface area contributed by atoms with Crippen molar-refractivity contribution in [1.82, 2.24) is 20.1 Å². The number of rotatable bonds is 2. The number of nitrogens with one attached hydrogen (secondary N) is 1. The molecule has 1 saturated heterocycles. The fourth-order valence-electron chi connectivity index (χ4n) is 2.41. The van der Waals surface area contributed by atoms with Gasteiger partial charge in [0.05, 0.1) is 15.3 Å². The summed E-state index contributed by atoms with van der Waals surface area (Å²) in [4.78, 5) is 19.3. The first-order valence-corrected chi connectivity index (χ1v) is 7.37. The standard InChI is InChI=1S/C12H13ClN4OS/c13-10-5-4-9(19-10)12(18)17-6-2-1-3-8(17)11-14-7-15-16-11/h4-5,7-8H,1-3,6H2,(H,14,15,16)/t8-/m1/s1. The van der Waals surface area contributed by atoms with Crippen LogP contribution in [0, 0.1) is 0 Å². The van der Waals surface area contributed by atoms with Crippen molar-refractivity contribution >= 4 is 28.8 Å². The maximum absolute atomic E-state index is 12.5. The number of hydrogen-bond acceptors (Lipinski definition) is 4. The minimum Gasteiger partial charge on any atom is -0.328 e. The van der Waals surface area contributed by atoms with Crippen molar-refractivity contribution in [3.05, 3.63) is 33.5 Å². The van der Waals surface area contributed by atoms with E-state index in [1.807, 2.05) is 4.90 Å². The van der Waals surface area contributed by atoms with Crippen LogP contribution >= 0.6 is 22.9 Å². The van der Waals surface area contributed by atoms with Crippen LogP contribution in [0.1, 0.15) is 40.8 Å². The highest BCUT2D eigenvalue weighted by molar-refractivity contribution is 7.17. The van der Waals surface area contributed by atoms with Gasteiger partial charge < -0.3 is 4.90 Å². The molecule has 3 rings (SSSR count). The maximum atomic E-state index is 12.5. The number of hydrogen-bond donors (Lipinski definition) is 1. The van der Waals surface area contributed by atoms with Gasteiger partial charge in [0.25, 0.3) is 5.91 Å². The topological polar surface area (TPSA) is 61.9 Å². The van der Waals surface area contributed by atoms with E-state index in [0.717, 1.165) is 31.6 Å². The van der Waals surface area contributed by atoms with E-state index in [2.05, 4.69) is 15.2 Å². The summed E-state index contributed by atoms with van der Waals surface area (Å²) in [5.74, 6) is 0.786. The van der Waals surface area contributed by atoms with Crippen LogP contribution in [0.25, 0.3) is 0 Å². The van der Waals surface area contributed by atoms with Crippen molar-refractivity contribution in [2.45, 2.75) is 25.3 Å². The van der Waals surface area contributed by atoms with Crippen molar-refractivity contribution in [3.63, 3.8) is 0 Å². The summed E-state index contributed by atoms with van der Waals surface area (Å²) in [6, 6.07) is 3.53. The molecule has 0 bridgehead atoms. The minimum absolute atomic E-state index is 0.00961. The van der Waals surface area contributed by atoms with Crippen LogP contribution in [-0.2, 0) is 0 Å². The van der Waals surface area contributed by atoms with Gasteiger partial charge in [-0.15, -0.1) is 11.3 Å². The van der Waals surface area contributed by atoms with E-state index >= 15 is 0 Å². The van der Waals surface area contributed by atoms with Crippen molar-refractivity contribution < 1.29 is 4.79 Å². The first-order valence-electron chi connectivity index (χ1n) is 6.17. The van der Waals surface area contributed by atoms with E-state index in [1.165, 1.54) is 17.7 Å². The molecule has 0 aliphatic carbocycles. The molecule has 19 heavy (non-hydrogen) atoms. The Hall–Kier alpha value is -1.40. The Balaban J connectivity index is 1.86. The highest BCUT2D eigenvalue weighted by atomic mass is 35.5. The molecule has 0 radical (unpaired) electrons. The summed E-state index contributed by atoms with van der Waals surface area (Å²) in [5, 5.41) is 6.75. The second-order valence-corrected chi connectivity index (χ2v) is 6.20. The SMILES string of the molecule is O=C(c1ccc(Cl)s1)N1CCCC[C@@H]1c1ncn[nH]1. The van der Waals surface area contributed by atoms with Gasteiger partial charge in [-0.1, -0.05) is 11.6 Å². The van der Waals surface area contributed by atoms with E-state index in [4.69, 9.17) is 11.6 Å². The van der Waals surface area contributed by atoms with Crippen molar-refractivity contribution in [2.75, 3.05) is 6.54 Å². The number of piperidine rings is 1. The molecule has 1 aliphatic heterocycles. The van der Waals surface area contributed by atoms with Crippen molar-refractivity contribution in [3.8, 4) is 0 Å². The lowest BCUT2D eigenvalue weighted by atomic mass is 10.0. The van der Waals surface area contributed by atoms with Crippen LogP contribution in [0.15, 0.2) is 18.5 Å². The van der Waals surface area contributed by atoms with Gasteiger partial charge >= 0.3 is 0 Å². The zero-order valence-corrected chi connectivity index (χ0v) is 11.7. The second kappa shape index (κ2) is 5.30. The number of nitrogens with zero attached hydrogens (tertiary/aromatic N) is 3. The molecular weight excluding hydrogens is 284 g/mol. The molecule has 1 amide bonds. The molecule has 0 unspecified atom stereocenters. The summed E-state index contributed by atoms with van der Waals surface area (Å²) in [5.41, 5.74) is 0. The number of likely N-dealkylation sites (tertiary alicyclic amines) is 1. The van der Waals surface area contributed by atoms with E-state index in [9.17, 15) is 4.79 Å². The van der Waals surface area contributed by atoms with Gasteiger partial charge in [-0.05, 0) is 31.4 Å². The lowest BCUT2D eigenvalue weighted by Crippen LogP contribution is -2.38. The molecule has 1 atom stereocenters. The molecule has 0 aromatic carbocycles. The van der Waals surface area contributed by atoms with Gasteiger partial charge in [-0.3, -0.25) is 9.89 Å². The van der Waals surface area contributed by atoms with Gasteiger partial charge in [0.2, 0.25) is 0 Å². The van der Waals surface area contributed by atoms with Crippen LogP contribution in [0.4, 0.5) is 0 Å². The highest BCUT2D eigenvalue weighted by Crippen LogP contribution is 2.32. The number of carbonyl (C=O) groups is 1. The molecule has 1 N–H and O–H groups in total. The number of H-pyrrole nitrogens is 1. The number of amides is 1. The number of thiophene rings is 1. The molecular formula is C12H13ClN4OS. The predicted octanol–water partition coefficient (Wildman–Crippen LogP) is 2.89. The third-order valence-electron chi connectivity index (χ3n) is 3.30. The molecule has 3 heterocycles. The smallest absolute Gasteiger partial charge is 0.264 e. The highest BCUT2D eigenvalue weighted by Gasteiger charge is 2.31. The molecule has 7 heteroatoms. The van der Waals surface area contributed by atoms with Crippen LogP contribution < -0.4 is 0 Å². The molecule has 2 aromatic rings. The monoisotopic (exact) mass is 296 g/mol. The Morgan fingerprint density at radius 1 is 1.47 bits per heavy atom. The van der Waals surface area contributed by atoms with Gasteiger partial charge in [-0.2, -0.15) is 5.10 Å². The first-order chi connectivity index (χ1) is 9.25. The number of aromatic amines is 1. The molecule has 1 aliphatic rings. The third-order valence-corrected chi connectivity index (χ3v) is 4.52. The van der Waals surface area contributed by atoms with E-state index in [-0.39, 0.29) is 11.9 Å². The Labute approximate surface area is 119 Å². The average molecular weight is 297 g/mol. The normalized spacial score (nSPS) is 19.6. The van der Waals surface area contributed by atoms with E-state index < -0.39 is 0 Å².